The van der Waals surface area contributed by atoms with E-state index in [1.54, 1.807) is 29.2 Å². The van der Waals surface area contributed by atoms with Gasteiger partial charge < -0.3 is 9.84 Å². The fourth-order valence-corrected chi connectivity index (χ4v) is 2.21. The molecule has 0 atom stereocenters. The Balaban J connectivity index is 1.59. The van der Waals surface area contributed by atoms with Crippen LogP contribution < -0.4 is 5.32 Å². The van der Waals surface area contributed by atoms with Gasteiger partial charge in [0, 0.05) is 44.2 Å². The molecule has 3 heterocycles. The molecular formula is C16H17N5O2. The summed E-state index contributed by atoms with van der Waals surface area (Å²) in [5.74, 6) is 0.195. The van der Waals surface area contributed by atoms with Crippen molar-refractivity contribution in [1.29, 1.82) is 0 Å². The van der Waals surface area contributed by atoms with Crippen molar-refractivity contribution in [3.8, 4) is 11.5 Å². The number of aromatic nitrogens is 4. The number of aryl methyl sites for hydroxylation is 2. The number of nitrogens with zero attached hydrogens (tertiary/aromatic N) is 4. The van der Waals surface area contributed by atoms with Gasteiger partial charge in [0.15, 0.2) is 11.5 Å². The van der Waals surface area contributed by atoms with Crippen molar-refractivity contribution < 1.29 is 9.32 Å². The summed E-state index contributed by atoms with van der Waals surface area (Å²) in [5.41, 5.74) is 2.97. The third-order valence-corrected chi connectivity index (χ3v) is 3.47. The molecule has 7 nitrogen and oxygen atoms in total. The molecule has 23 heavy (non-hydrogen) atoms. The third-order valence-electron chi connectivity index (χ3n) is 3.47. The minimum absolute atomic E-state index is 0.239. The van der Waals surface area contributed by atoms with Gasteiger partial charge in [-0.15, -0.1) is 0 Å². The van der Waals surface area contributed by atoms with Crippen LogP contribution in [-0.2, 0) is 13.5 Å². The number of hydrogen-bond donors (Lipinski definition) is 1. The summed E-state index contributed by atoms with van der Waals surface area (Å²) in [7, 11) is 1.81. The smallest absolute Gasteiger partial charge is 0.273 e. The van der Waals surface area contributed by atoms with Crippen molar-refractivity contribution in [1.82, 2.24) is 25.2 Å². The second-order valence-corrected chi connectivity index (χ2v) is 5.22. The summed E-state index contributed by atoms with van der Waals surface area (Å²) < 4.78 is 6.83. The van der Waals surface area contributed by atoms with Gasteiger partial charge in [-0.2, -0.15) is 5.10 Å². The molecule has 0 unspecified atom stereocenters. The molecule has 0 aliphatic rings. The minimum Gasteiger partial charge on any atom is -0.354 e. The zero-order chi connectivity index (χ0) is 16.2. The molecule has 7 heteroatoms. The lowest BCUT2D eigenvalue weighted by molar-refractivity contribution is 0.0945. The van der Waals surface area contributed by atoms with E-state index in [2.05, 4.69) is 20.6 Å². The number of carbonyl (C=O) groups is 1. The molecule has 3 rings (SSSR count). The molecule has 1 amide bonds. The second-order valence-electron chi connectivity index (χ2n) is 5.22. The van der Waals surface area contributed by atoms with Crippen LogP contribution in [0.5, 0.6) is 0 Å². The van der Waals surface area contributed by atoms with E-state index in [0.29, 0.717) is 24.4 Å². The van der Waals surface area contributed by atoms with Crippen molar-refractivity contribution in [3.05, 3.63) is 53.6 Å². The number of amides is 1. The lowest BCUT2D eigenvalue weighted by Gasteiger charge is -2.05. The van der Waals surface area contributed by atoms with Gasteiger partial charge >= 0.3 is 0 Å². The van der Waals surface area contributed by atoms with Gasteiger partial charge in [-0.3, -0.25) is 14.5 Å². The maximum atomic E-state index is 12.1. The predicted molar refractivity (Wildman–Crippen MR) is 83.7 cm³/mol. The van der Waals surface area contributed by atoms with E-state index in [4.69, 9.17) is 4.52 Å². The van der Waals surface area contributed by atoms with Gasteiger partial charge in [-0.25, -0.2) is 0 Å². The normalized spacial score (nSPS) is 10.7. The lowest BCUT2D eigenvalue weighted by atomic mass is 10.1. The molecule has 118 valence electrons. The first kappa shape index (κ1) is 15.0. The highest BCUT2D eigenvalue weighted by atomic mass is 16.5. The van der Waals surface area contributed by atoms with Gasteiger partial charge in [0.25, 0.3) is 5.91 Å². The van der Waals surface area contributed by atoms with Crippen LogP contribution in [0.3, 0.4) is 0 Å². The van der Waals surface area contributed by atoms with E-state index in [1.165, 1.54) is 0 Å². The molecule has 0 saturated heterocycles. The molecule has 3 aromatic heterocycles. The molecule has 0 radical (unpaired) electrons. The number of hydrogen-bond acceptors (Lipinski definition) is 5. The van der Waals surface area contributed by atoms with Crippen LogP contribution in [-0.4, -0.2) is 32.4 Å². The highest BCUT2D eigenvalue weighted by Crippen LogP contribution is 2.17. The summed E-state index contributed by atoms with van der Waals surface area (Å²) in [6.45, 7) is 2.49. The van der Waals surface area contributed by atoms with Crippen molar-refractivity contribution in [3.63, 3.8) is 0 Å². The molecule has 0 aliphatic carbocycles. The van der Waals surface area contributed by atoms with Crippen LogP contribution in [0.4, 0.5) is 0 Å². The Morgan fingerprint density at radius 1 is 1.39 bits per heavy atom. The maximum Gasteiger partial charge on any atom is 0.273 e. The predicted octanol–water partition coefficient (Wildman–Crippen LogP) is 1.75. The molecule has 0 aromatic carbocycles. The Kier molecular flexibility index (Phi) is 4.18. The molecule has 0 spiro atoms. The summed E-state index contributed by atoms with van der Waals surface area (Å²) in [5, 5.41) is 10.8. The first-order valence-corrected chi connectivity index (χ1v) is 7.29. The quantitative estimate of drug-likeness (QED) is 0.776. The van der Waals surface area contributed by atoms with Crippen LogP contribution in [0.2, 0.25) is 0 Å². The van der Waals surface area contributed by atoms with E-state index in [-0.39, 0.29) is 11.6 Å². The van der Waals surface area contributed by atoms with Crippen LogP contribution >= 0.6 is 0 Å². The Labute approximate surface area is 133 Å². The molecule has 1 N–H and O–H groups in total. The second kappa shape index (κ2) is 6.43. The molecule has 0 fully saturated rings. The topological polar surface area (TPSA) is 85.8 Å². The van der Waals surface area contributed by atoms with Gasteiger partial charge in [-0.05, 0) is 24.6 Å². The third kappa shape index (κ3) is 3.45. The Morgan fingerprint density at radius 2 is 2.26 bits per heavy atom. The molecule has 0 bridgehead atoms. The number of carbonyl (C=O) groups excluding carboxylic acids is 1. The van der Waals surface area contributed by atoms with Gasteiger partial charge in [0.05, 0.1) is 0 Å². The number of nitrogens with one attached hydrogen (secondary N) is 1. The summed E-state index contributed by atoms with van der Waals surface area (Å²) >= 11 is 0. The Bertz CT molecular complexity index is 821. The van der Waals surface area contributed by atoms with E-state index in [0.717, 1.165) is 11.3 Å². The standard InChI is InChI=1S/C16H17N5O2/c1-11-4-3-7-17-12(11)5-8-18-16(22)14-10-15(23-20-14)13-6-9-21(2)19-13/h3-4,6-7,9-10H,5,8H2,1-2H3,(H,18,22). The van der Waals surface area contributed by atoms with Crippen LogP contribution in [0.1, 0.15) is 21.7 Å². The molecule has 0 saturated carbocycles. The molecule has 3 aromatic rings. The Hall–Kier alpha value is -2.96. The van der Waals surface area contributed by atoms with Crippen LogP contribution in [0.15, 0.2) is 41.2 Å². The van der Waals surface area contributed by atoms with E-state index in [1.807, 2.05) is 26.1 Å². The van der Waals surface area contributed by atoms with E-state index in [9.17, 15) is 4.79 Å². The van der Waals surface area contributed by atoms with Crippen LogP contribution in [0, 0.1) is 6.92 Å². The van der Waals surface area contributed by atoms with Crippen molar-refractivity contribution >= 4 is 5.91 Å². The number of pyridine rings is 1. The van der Waals surface area contributed by atoms with Crippen LogP contribution in [0.25, 0.3) is 11.5 Å². The first-order chi connectivity index (χ1) is 11.1. The summed E-state index contributed by atoms with van der Waals surface area (Å²) in [6, 6.07) is 7.28. The first-order valence-electron chi connectivity index (χ1n) is 7.29. The highest BCUT2D eigenvalue weighted by Gasteiger charge is 2.14. The minimum atomic E-state index is -0.274. The van der Waals surface area contributed by atoms with Crippen molar-refractivity contribution in [2.75, 3.05) is 6.54 Å². The van der Waals surface area contributed by atoms with Gasteiger partial charge in [0.1, 0.15) is 5.69 Å². The van der Waals surface area contributed by atoms with Crippen molar-refractivity contribution in [2.45, 2.75) is 13.3 Å². The van der Waals surface area contributed by atoms with E-state index < -0.39 is 0 Å². The average molecular weight is 311 g/mol. The fourth-order valence-electron chi connectivity index (χ4n) is 2.21. The van der Waals surface area contributed by atoms with Crippen molar-refractivity contribution in [2.24, 2.45) is 7.05 Å². The fraction of sp³-hybridized carbons (Fsp3) is 0.250. The zero-order valence-corrected chi connectivity index (χ0v) is 13.0. The molecular weight excluding hydrogens is 294 g/mol. The SMILES string of the molecule is Cc1cccnc1CCNC(=O)c1cc(-c2ccn(C)n2)on1. The zero-order valence-electron chi connectivity index (χ0n) is 13.0. The highest BCUT2D eigenvalue weighted by molar-refractivity contribution is 5.92. The van der Waals surface area contributed by atoms with Gasteiger partial charge in [0.2, 0.25) is 0 Å². The average Bonchev–Trinajstić information content (AvgIpc) is 3.18. The lowest BCUT2D eigenvalue weighted by Crippen LogP contribution is -2.26. The van der Waals surface area contributed by atoms with E-state index >= 15 is 0 Å². The summed E-state index contributed by atoms with van der Waals surface area (Å²) in [4.78, 5) is 16.4. The summed E-state index contributed by atoms with van der Waals surface area (Å²) in [6.07, 6.45) is 4.22. The maximum absolute atomic E-state index is 12.1. The van der Waals surface area contributed by atoms with Gasteiger partial charge in [-0.1, -0.05) is 11.2 Å². The monoisotopic (exact) mass is 311 g/mol. The Morgan fingerprint density at radius 3 is 3.00 bits per heavy atom. The molecule has 0 aliphatic heterocycles. The largest absolute Gasteiger partial charge is 0.354 e. The number of rotatable bonds is 5.